The maximum Gasteiger partial charge on any atom is 0.182 e. The average Bonchev–Trinajstić information content (AvgIpc) is 3.07. The van der Waals surface area contributed by atoms with Crippen LogP contribution >= 0.6 is 0 Å². The van der Waals surface area contributed by atoms with Crippen molar-refractivity contribution >= 4 is 12.6 Å². The fourth-order valence-electron chi connectivity index (χ4n) is 2.15. The summed E-state index contributed by atoms with van der Waals surface area (Å²) in [4.78, 5) is 20.0. The fraction of sp³-hybridized carbons (Fsp3) is 0.500. The molecule has 0 unspecified atom stereocenters. The van der Waals surface area contributed by atoms with Crippen molar-refractivity contribution in [3.05, 3.63) is 46.3 Å². The van der Waals surface area contributed by atoms with E-state index in [-0.39, 0.29) is 12.6 Å². The van der Waals surface area contributed by atoms with Gasteiger partial charge in [0.2, 0.25) is 0 Å². The summed E-state index contributed by atoms with van der Waals surface area (Å²) in [5.74, 6) is 0. The summed E-state index contributed by atoms with van der Waals surface area (Å²) >= 11 is 0. The van der Waals surface area contributed by atoms with Gasteiger partial charge in [-0.2, -0.15) is 0 Å². The van der Waals surface area contributed by atoms with Crippen LogP contribution in [0.2, 0.25) is 0 Å². The fourth-order valence-corrected chi connectivity index (χ4v) is 2.15. The summed E-state index contributed by atoms with van der Waals surface area (Å²) in [7, 11) is 0. The lowest BCUT2D eigenvalue weighted by atomic mass is 10.1. The Labute approximate surface area is 147 Å². The third-order valence-corrected chi connectivity index (χ3v) is 3.50. The van der Waals surface area contributed by atoms with Gasteiger partial charge in [-0.1, -0.05) is 52.8 Å². The number of allylic oxidation sites excluding steroid dienone is 2. The molecular weight excluding hydrogens is 300 g/mol. The van der Waals surface area contributed by atoms with E-state index in [1.54, 1.807) is 0 Å². The molecule has 4 nitrogen and oxygen atoms in total. The molecule has 0 radical (unpaired) electrons. The summed E-state index contributed by atoms with van der Waals surface area (Å²) in [6.45, 7) is 16.3. The summed E-state index contributed by atoms with van der Waals surface area (Å²) in [6.07, 6.45) is 1.50. The van der Waals surface area contributed by atoms with Crippen LogP contribution in [0.1, 0.15) is 65.2 Å². The highest BCUT2D eigenvalue weighted by molar-refractivity contribution is 6.09. The lowest BCUT2D eigenvalue weighted by Crippen LogP contribution is -2.17. The number of nitrogens with zero attached hydrogens (tertiary/aromatic N) is 1. The van der Waals surface area contributed by atoms with Gasteiger partial charge in [-0.05, 0) is 37.0 Å². The van der Waals surface area contributed by atoms with Crippen LogP contribution < -0.4 is 5.73 Å². The largest absolute Gasteiger partial charge is 0.401 e. The molecule has 0 atom stereocenters. The molecule has 136 valence electrons. The van der Waals surface area contributed by atoms with Crippen molar-refractivity contribution < 1.29 is 9.59 Å². The molecule has 1 aromatic rings. The first kappa shape index (κ1) is 24.2. The van der Waals surface area contributed by atoms with Gasteiger partial charge in [-0.3, -0.25) is 9.59 Å². The second-order valence-corrected chi connectivity index (χ2v) is 4.85. The molecule has 0 aromatic heterocycles. The number of fused-ring (bicyclic) bond motifs is 1. The Hall–Kier alpha value is -2.10. The topological polar surface area (TPSA) is 63.4 Å². The van der Waals surface area contributed by atoms with E-state index in [1.807, 2.05) is 34.6 Å². The molecule has 0 saturated carbocycles. The molecular formula is C20H34N2O2. The molecule has 0 bridgehead atoms. The highest BCUT2D eigenvalue weighted by Crippen LogP contribution is 2.27. The van der Waals surface area contributed by atoms with Crippen LogP contribution in [0.15, 0.2) is 29.6 Å². The minimum atomic E-state index is 0.194. The van der Waals surface area contributed by atoms with Crippen LogP contribution in [0.3, 0.4) is 0 Å². The number of aryl methyl sites for hydroxylation is 1. The Morgan fingerprint density at radius 3 is 1.96 bits per heavy atom. The number of rotatable bonds is 3. The Morgan fingerprint density at radius 1 is 1.04 bits per heavy atom. The minimum Gasteiger partial charge on any atom is -0.401 e. The van der Waals surface area contributed by atoms with Crippen molar-refractivity contribution in [1.82, 2.24) is 4.90 Å². The monoisotopic (exact) mass is 334 g/mol. The van der Waals surface area contributed by atoms with Crippen LogP contribution in [0.4, 0.5) is 0 Å². The molecule has 2 rings (SSSR count). The molecule has 4 heteroatoms. The molecule has 0 fully saturated rings. The molecule has 1 aliphatic rings. The Morgan fingerprint density at radius 2 is 1.54 bits per heavy atom. The zero-order chi connectivity index (χ0) is 19.1. The molecule has 0 saturated heterocycles. The van der Waals surface area contributed by atoms with Crippen LogP contribution in [0.25, 0.3) is 0 Å². The van der Waals surface area contributed by atoms with Crippen molar-refractivity contribution in [2.45, 2.75) is 68.0 Å². The van der Waals surface area contributed by atoms with E-state index in [9.17, 15) is 0 Å². The summed E-state index contributed by atoms with van der Waals surface area (Å²) < 4.78 is 0. The number of hydrogen-bond donors (Lipinski definition) is 1. The molecule has 0 aliphatic carbocycles. The summed E-state index contributed by atoms with van der Waals surface area (Å²) in [6, 6.07) is 6.82. The lowest BCUT2D eigenvalue weighted by molar-refractivity contribution is -0.122. The Kier molecular flexibility index (Phi) is 14.6. The highest BCUT2D eigenvalue weighted by Gasteiger charge is 2.19. The van der Waals surface area contributed by atoms with Gasteiger partial charge in [0, 0.05) is 24.5 Å². The highest BCUT2D eigenvalue weighted by atomic mass is 16.2. The molecule has 1 heterocycles. The van der Waals surface area contributed by atoms with Gasteiger partial charge >= 0.3 is 0 Å². The summed E-state index contributed by atoms with van der Waals surface area (Å²) in [5, 5.41) is 0. The molecule has 1 aromatic carbocycles. The van der Waals surface area contributed by atoms with E-state index in [2.05, 4.69) is 36.9 Å². The first-order valence-electron chi connectivity index (χ1n) is 8.71. The van der Waals surface area contributed by atoms with E-state index in [4.69, 9.17) is 15.3 Å². The first-order chi connectivity index (χ1) is 11.5. The molecule has 0 amide bonds. The zero-order valence-corrected chi connectivity index (χ0v) is 16.3. The van der Waals surface area contributed by atoms with Crippen LogP contribution in [0, 0.1) is 0 Å². The van der Waals surface area contributed by atoms with Crippen molar-refractivity contribution in [1.29, 1.82) is 0 Å². The minimum absolute atomic E-state index is 0.194. The number of carbonyl (C=O) groups is 2. The third kappa shape index (κ3) is 7.95. The second-order valence-electron chi connectivity index (χ2n) is 4.85. The molecule has 0 spiro atoms. The van der Waals surface area contributed by atoms with E-state index >= 15 is 0 Å². The number of carbonyl (C=O) groups excluding carboxylic acids is 2. The van der Waals surface area contributed by atoms with Gasteiger partial charge in [0.1, 0.15) is 0 Å². The van der Waals surface area contributed by atoms with E-state index in [0.717, 1.165) is 25.2 Å². The van der Waals surface area contributed by atoms with E-state index in [0.29, 0.717) is 0 Å². The predicted octanol–water partition coefficient (Wildman–Crippen LogP) is 4.21. The molecule has 24 heavy (non-hydrogen) atoms. The standard InChI is InChI=1S/C14H20N2.C2H2O2.2C2H6/c1-4-12-5-6-13-8-16(9-14(13)7-12)11(3)10(2)15;3-1-2-4;2*1-2/h5-7H,4,8-9,15H2,1-3H3;1-2H;2*1-2H3/b11-10-;;;. The van der Waals surface area contributed by atoms with E-state index < -0.39 is 0 Å². The zero-order valence-electron chi connectivity index (χ0n) is 16.3. The number of aldehydes is 2. The molecule has 1 aliphatic heterocycles. The molecule has 2 N–H and O–H groups in total. The number of benzene rings is 1. The average molecular weight is 335 g/mol. The summed E-state index contributed by atoms with van der Waals surface area (Å²) in [5.41, 5.74) is 12.3. The van der Waals surface area contributed by atoms with Gasteiger partial charge in [-0.15, -0.1) is 0 Å². The predicted molar refractivity (Wildman–Crippen MR) is 102 cm³/mol. The SMILES string of the molecule is CC.CC.CCc1ccc2c(c1)CN(/C(C)=C(/C)N)C2.O=CC=O. The van der Waals surface area contributed by atoms with Crippen molar-refractivity contribution in [2.24, 2.45) is 5.73 Å². The van der Waals surface area contributed by atoms with Crippen molar-refractivity contribution in [3.8, 4) is 0 Å². The van der Waals surface area contributed by atoms with E-state index in [1.165, 1.54) is 22.4 Å². The maximum atomic E-state index is 8.81. The van der Waals surface area contributed by atoms with Gasteiger partial charge in [0.05, 0.1) is 0 Å². The van der Waals surface area contributed by atoms with Crippen molar-refractivity contribution in [2.75, 3.05) is 0 Å². The maximum absolute atomic E-state index is 8.81. The normalized spacial score (nSPS) is 12.0. The smallest absolute Gasteiger partial charge is 0.182 e. The number of hydrogen-bond acceptors (Lipinski definition) is 4. The van der Waals surface area contributed by atoms with Gasteiger partial charge in [0.15, 0.2) is 12.6 Å². The second kappa shape index (κ2) is 14.5. The van der Waals surface area contributed by atoms with Crippen LogP contribution in [0.5, 0.6) is 0 Å². The van der Waals surface area contributed by atoms with Gasteiger partial charge in [0.25, 0.3) is 0 Å². The quantitative estimate of drug-likeness (QED) is 0.664. The third-order valence-electron chi connectivity index (χ3n) is 3.50. The lowest BCUT2D eigenvalue weighted by Gasteiger charge is -2.19. The van der Waals surface area contributed by atoms with Gasteiger partial charge < -0.3 is 10.6 Å². The van der Waals surface area contributed by atoms with Gasteiger partial charge in [-0.25, -0.2) is 0 Å². The Balaban J connectivity index is 0. The van der Waals surface area contributed by atoms with Crippen LogP contribution in [-0.2, 0) is 29.1 Å². The van der Waals surface area contributed by atoms with Crippen LogP contribution in [-0.4, -0.2) is 17.5 Å². The number of nitrogens with two attached hydrogens (primary N) is 1. The first-order valence-corrected chi connectivity index (χ1v) is 8.71. The Bertz CT molecular complexity index is 512. The van der Waals surface area contributed by atoms with Crippen molar-refractivity contribution in [3.63, 3.8) is 0 Å².